The first-order valence-electron chi connectivity index (χ1n) is 6.53. The lowest BCUT2D eigenvalue weighted by molar-refractivity contribution is 0.0345. The summed E-state index contributed by atoms with van der Waals surface area (Å²) in [4.78, 5) is 2.59. The van der Waals surface area contributed by atoms with Gasteiger partial charge >= 0.3 is 0 Å². The molecule has 2 heterocycles. The molecule has 2 nitrogen and oxygen atoms in total. The Labute approximate surface area is 104 Å². The molecule has 0 aromatic rings. The van der Waals surface area contributed by atoms with Crippen molar-refractivity contribution in [2.24, 2.45) is 0 Å². The molecule has 2 atom stereocenters. The Hall–Kier alpha value is -0.0500. The molecule has 2 fully saturated rings. The van der Waals surface area contributed by atoms with E-state index in [0.717, 1.165) is 36.2 Å². The highest BCUT2D eigenvalue weighted by Gasteiger charge is 2.37. The zero-order valence-corrected chi connectivity index (χ0v) is 11.0. The first-order chi connectivity index (χ1) is 7.70. The predicted molar refractivity (Wildman–Crippen MR) is 69.8 cm³/mol. The Morgan fingerprint density at radius 3 is 2.50 bits per heavy atom. The molecule has 0 radical (unpaired) electrons. The van der Waals surface area contributed by atoms with Crippen molar-refractivity contribution in [1.29, 1.82) is 0 Å². The highest BCUT2D eigenvalue weighted by atomic mass is 35.5. The van der Waals surface area contributed by atoms with E-state index in [-0.39, 0.29) is 0 Å². The molecule has 0 spiro atoms. The van der Waals surface area contributed by atoms with Gasteiger partial charge in [-0.05, 0) is 32.2 Å². The number of nitrogens with one attached hydrogen (secondary N) is 1. The molecule has 16 heavy (non-hydrogen) atoms. The minimum absolute atomic E-state index is 0.722. The zero-order chi connectivity index (χ0) is 11.5. The van der Waals surface area contributed by atoms with Gasteiger partial charge in [-0.25, -0.2) is 0 Å². The van der Waals surface area contributed by atoms with Crippen LogP contribution in [-0.2, 0) is 0 Å². The Bertz CT molecular complexity index is 240. The van der Waals surface area contributed by atoms with Crippen LogP contribution in [0.25, 0.3) is 0 Å². The van der Waals surface area contributed by atoms with Crippen LogP contribution >= 0.6 is 11.6 Å². The van der Waals surface area contributed by atoms with Crippen LogP contribution in [0.15, 0.2) is 11.6 Å². The van der Waals surface area contributed by atoms with Gasteiger partial charge in [0.1, 0.15) is 0 Å². The summed E-state index contributed by atoms with van der Waals surface area (Å²) >= 11 is 5.97. The average molecular weight is 243 g/mol. The first kappa shape index (κ1) is 12.4. The van der Waals surface area contributed by atoms with E-state index in [0.29, 0.717) is 0 Å². The lowest BCUT2D eigenvalue weighted by atomic mass is 9.81. The van der Waals surface area contributed by atoms with Crippen molar-refractivity contribution in [2.75, 3.05) is 13.1 Å². The SMILES string of the molecule is C=C(Cl)CN1C2CCCC1CC(NCC)C2. The van der Waals surface area contributed by atoms with Crippen molar-refractivity contribution in [3.63, 3.8) is 0 Å². The predicted octanol–water partition coefficient (Wildman–Crippen LogP) is 2.73. The molecule has 2 rings (SSSR count). The van der Waals surface area contributed by atoms with Crippen LogP contribution in [0.3, 0.4) is 0 Å². The number of piperidine rings is 2. The maximum absolute atomic E-state index is 5.97. The highest BCUT2D eigenvalue weighted by molar-refractivity contribution is 6.29. The number of halogens is 1. The summed E-state index contributed by atoms with van der Waals surface area (Å²) < 4.78 is 0. The number of hydrogen-bond acceptors (Lipinski definition) is 2. The Kier molecular flexibility index (Phi) is 4.28. The molecule has 2 saturated heterocycles. The summed E-state index contributed by atoms with van der Waals surface area (Å²) in [5.41, 5.74) is 0. The average Bonchev–Trinajstić information content (AvgIpc) is 2.18. The molecular weight excluding hydrogens is 220 g/mol. The Balaban J connectivity index is 1.99. The topological polar surface area (TPSA) is 15.3 Å². The molecule has 2 bridgehead atoms. The number of rotatable bonds is 4. The Morgan fingerprint density at radius 2 is 2.00 bits per heavy atom. The van der Waals surface area contributed by atoms with E-state index in [4.69, 9.17) is 11.6 Å². The maximum atomic E-state index is 5.97. The third-order valence-corrected chi connectivity index (χ3v) is 4.09. The fourth-order valence-electron chi connectivity index (χ4n) is 3.39. The fourth-order valence-corrected chi connectivity index (χ4v) is 3.53. The molecule has 0 aromatic carbocycles. The summed E-state index contributed by atoms with van der Waals surface area (Å²) in [5.74, 6) is 0. The van der Waals surface area contributed by atoms with Gasteiger partial charge in [0.05, 0.1) is 0 Å². The van der Waals surface area contributed by atoms with Gasteiger partial charge in [-0.2, -0.15) is 0 Å². The highest BCUT2D eigenvalue weighted by Crippen LogP contribution is 2.34. The fraction of sp³-hybridized carbons (Fsp3) is 0.846. The number of hydrogen-bond donors (Lipinski definition) is 1. The molecule has 0 aromatic heterocycles. The molecule has 0 amide bonds. The van der Waals surface area contributed by atoms with Crippen LogP contribution < -0.4 is 5.32 Å². The van der Waals surface area contributed by atoms with E-state index >= 15 is 0 Å². The van der Waals surface area contributed by atoms with Crippen LogP contribution in [0, 0.1) is 0 Å². The van der Waals surface area contributed by atoms with E-state index in [9.17, 15) is 0 Å². The third-order valence-electron chi connectivity index (χ3n) is 3.97. The summed E-state index contributed by atoms with van der Waals surface area (Å²) in [6.45, 7) is 8.01. The minimum Gasteiger partial charge on any atom is -0.314 e. The Morgan fingerprint density at radius 1 is 1.38 bits per heavy atom. The van der Waals surface area contributed by atoms with Crippen molar-refractivity contribution in [2.45, 2.75) is 57.2 Å². The van der Waals surface area contributed by atoms with E-state index in [1.807, 2.05) is 0 Å². The third kappa shape index (κ3) is 2.79. The number of fused-ring (bicyclic) bond motifs is 2. The maximum Gasteiger partial charge on any atom is 0.0341 e. The van der Waals surface area contributed by atoms with E-state index in [2.05, 4.69) is 23.7 Å². The van der Waals surface area contributed by atoms with Gasteiger partial charge in [0.15, 0.2) is 0 Å². The van der Waals surface area contributed by atoms with Gasteiger partial charge in [0.2, 0.25) is 0 Å². The molecule has 1 N–H and O–H groups in total. The summed E-state index contributed by atoms with van der Waals surface area (Å²) in [6.07, 6.45) is 6.63. The second kappa shape index (κ2) is 5.52. The van der Waals surface area contributed by atoms with Crippen LogP contribution in [0.1, 0.15) is 39.0 Å². The van der Waals surface area contributed by atoms with Gasteiger partial charge in [-0.1, -0.05) is 31.5 Å². The van der Waals surface area contributed by atoms with E-state index in [1.54, 1.807) is 0 Å². The molecule has 2 unspecified atom stereocenters. The quantitative estimate of drug-likeness (QED) is 0.816. The first-order valence-corrected chi connectivity index (χ1v) is 6.91. The van der Waals surface area contributed by atoms with Crippen LogP contribution in [0.4, 0.5) is 0 Å². The van der Waals surface area contributed by atoms with E-state index < -0.39 is 0 Å². The second-order valence-electron chi connectivity index (χ2n) is 5.15. The monoisotopic (exact) mass is 242 g/mol. The molecule has 0 aliphatic carbocycles. The van der Waals surface area contributed by atoms with Gasteiger partial charge < -0.3 is 5.32 Å². The molecule has 2 aliphatic heterocycles. The second-order valence-corrected chi connectivity index (χ2v) is 5.69. The smallest absolute Gasteiger partial charge is 0.0341 e. The van der Waals surface area contributed by atoms with Crippen LogP contribution in [0.2, 0.25) is 0 Å². The van der Waals surface area contributed by atoms with Crippen molar-refractivity contribution in [3.05, 3.63) is 11.6 Å². The summed E-state index contributed by atoms with van der Waals surface area (Å²) in [7, 11) is 0. The van der Waals surface area contributed by atoms with Crippen molar-refractivity contribution in [3.8, 4) is 0 Å². The lowest BCUT2D eigenvalue weighted by Gasteiger charge is -2.49. The van der Waals surface area contributed by atoms with Crippen LogP contribution in [0.5, 0.6) is 0 Å². The summed E-state index contributed by atoms with van der Waals surface area (Å²) in [5, 5.41) is 4.40. The molecule has 3 heteroatoms. The van der Waals surface area contributed by atoms with Crippen molar-refractivity contribution < 1.29 is 0 Å². The number of nitrogens with zero attached hydrogens (tertiary/aromatic N) is 1. The zero-order valence-electron chi connectivity index (χ0n) is 10.2. The van der Waals surface area contributed by atoms with Gasteiger partial charge in [-0.15, -0.1) is 0 Å². The standard InChI is InChI=1S/C13H23ClN2/c1-3-15-11-7-12-5-4-6-13(8-11)16(12)9-10(2)14/h11-13,15H,2-9H2,1H3. The van der Waals surface area contributed by atoms with Crippen molar-refractivity contribution in [1.82, 2.24) is 10.2 Å². The van der Waals surface area contributed by atoms with Gasteiger partial charge in [-0.3, -0.25) is 4.90 Å². The molecule has 2 aliphatic rings. The van der Waals surface area contributed by atoms with Gasteiger partial charge in [0, 0.05) is 29.7 Å². The molecule has 0 saturated carbocycles. The molecule has 92 valence electrons. The summed E-state index contributed by atoms with van der Waals surface area (Å²) in [6, 6.07) is 2.18. The molecular formula is C13H23ClN2. The largest absolute Gasteiger partial charge is 0.314 e. The van der Waals surface area contributed by atoms with Crippen LogP contribution in [-0.4, -0.2) is 36.1 Å². The van der Waals surface area contributed by atoms with Crippen molar-refractivity contribution >= 4 is 11.6 Å². The normalized spacial score (nSPS) is 35.0. The van der Waals surface area contributed by atoms with Gasteiger partial charge in [0.25, 0.3) is 0 Å². The van der Waals surface area contributed by atoms with E-state index in [1.165, 1.54) is 32.1 Å². The lowest BCUT2D eigenvalue weighted by Crippen LogP contribution is -2.56. The minimum atomic E-state index is 0.722.